The number of rotatable bonds is 2. The van der Waals surface area contributed by atoms with Crippen molar-refractivity contribution < 1.29 is 4.52 Å². The molecule has 0 fully saturated rings. The first kappa shape index (κ1) is 7.09. The molecule has 2 aromatic rings. The van der Waals surface area contributed by atoms with Gasteiger partial charge < -0.3 is 4.52 Å². The fourth-order valence-electron chi connectivity index (χ4n) is 1.03. The van der Waals surface area contributed by atoms with E-state index in [1.165, 1.54) is 0 Å². The summed E-state index contributed by atoms with van der Waals surface area (Å²) in [7, 11) is 0. The van der Waals surface area contributed by atoms with E-state index in [2.05, 4.69) is 10.3 Å². The number of aromatic nitrogens is 3. The number of aryl methyl sites for hydroxylation is 1. The van der Waals surface area contributed by atoms with Gasteiger partial charge >= 0.3 is 0 Å². The Morgan fingerprint density at radius 1 is 1.58 bits per heavy atom. The van der Waals surface area contributed by atoms with E-state index in [0.717, 1.165) is 17.9 Å². The molecule has 0 amide bonds. The molecule has 12 heavy (non-hydrogen) atoms. The van der Waals surface area contributed by atoms with Crippen molar-refractivity contribution in [1.82, 2.24) is 14.9 Å². The fraction of sp³-hybridized carbons (Fsp3) is 0.250. The van der Waals surface area contributed by atoms with Gasteiger partial charge in [0.15, 0.2) is 5.76 Å². The van der Waals surface area contributed by atoms with Crippen LogP contribution in [-0.4, -0.2) is 14.9 Å². The van der Waals surface area contributed by atoms with Gasteiger partial charge in [0.2, 0.25) is 0 Å². The molecule has 0 saturated heterocycles. The van der Waals surface area contributed by atoms with Crippen LogP contribution >= 0.6 is 0 Å². The van der Waals surface area contributed by atoms with Gasteiger partial charge in [-0.25, -0.2) is 0 Å². The van der Waals surface area contributed by atoms with Crippen LogP contribution in [0.3, 0.4) is 0 Å². The van der Waals surface area contributed by atoms with Crippen LogP contribution in [0.15, 0.2) is 29.2 Å². The Kier molecular flexibility index (Phi) is 1.66. The Morgan fingerprint density at radius 2 is 2.50 bits per heavy atom. The minimum atomic E-state index is 0.759. The molecule has 4 heteroatoms. The van der Waals surface area contributed by atoms with Crippen molar-refractivity contribution in [2.75, 3.05) is 0 Å². The molecule has 0 bridgehead atoms. The monoisotopic (exact) mass is 163 g/mol. The van der Waals surface area contributed by atoms with Gasteiger partial charge in [0, 0.05) is 18.8 Å². The topological polar surface area (TPSA) is 43.9 Å². The lowest BCUT2D eigenvalue weighted by molar-refractivity contribution is 0.432. The third-order valence-electron chi connectivity index (χ3n) is 1.68. The standard InChI is InChI=1S/C8H9N3O/c1-2-11-6-7(5-9-11)8-3-4-10-12-8/h3-6H,2H2,1H3. The summed E-state index contributed by atoms with van der Waals surface area (Å²) in [5, 5.41) is 7.74. The molecular formula is C8H9N3O. The van der Waals surface area contributed by atoms with Gasteiger partial charge in [-0.3, -0.25) is 4.68 Å². The van der Waals surface area contributed by atoms with Gasteiger partial charge in [0.25, 0.3) is 0 Å². The van der Waals surface area contributed by atoms with Gasteiger partial charge in [-0.15, -0.1) is 0 Å². The van der Waals surface area contributed by atoms with E-state index in [1.54, 1.807) is 12.4 Å². The second-order valence-electron chi connectivity index (χ2n) is 2.46. The summed E-state index contributed by atoms with van der Waals surface area (Å²) in [6, 6.07) is 1.82. The number of nitrogens with zero attached hydrogens (tertiary/aromatic N) is 3. The van der Waals surface area contributed by atoms with E-state index in [4.69, 9.17) is 4.52 Å². The van der Waals surface area contributed by atoms with Gasteiger partial charge in [0.1, 0.15) is 0 Å². The number of hydrogen-bond donors (Lipinski definition) is 0. The van der Waals surface area contributed by atoms with Crippen molar-refractivity contribution in [3.63, 3.8) is 0 Å². The molecule has 0 aliphatic carbocycles. The average Bonchev–Trinajstić information content (AvgIpc) is 2.75. The molecule has 0 unspecified atom stereocenters. The van der Waals surface area contributed by atoms with Crippen LogP contribution in [0.2, 0.25) is 0 Å². The Hall–Kier alpha value is -1.58. The normalized spacial score (nSPS) is 10.4. The average molecular weight is 163 g/mol. The molecule has 0 spiro atoms. The molecule has 2 heterocycles. The third kappa shape index (κ3) is 1.11. The molecule has 0 atom stereocenters. The van der Waals surface area contributed by atoms with Crippen LogP contribution in [0.4, 0.5) is 0 Å². The molecular weight excluding hydrogens is 154 g/mol. The zero-order valence-electron chi connectivity index (χ0n) is 6.77. The Bertz CT molecular complexity index is 350. The maximum atomic E-state index is 4.97. The van der Waals surface area contributed by atoms with Crippen LogP contribution in [-0.2, 0) is 6.54 Å². The molecule has 0 aliphatic rings. The van der Waals surface area contributed by atoms with E-state index < -0.39 is 0 Å². The Morgan fingerprint density at radius 3 is 3.08 bits per heavy atom. The lowest BCUT2D eigenvalue weighted by Crippen LogP contribution is -1.91. The maximum absolute atomic E-state index is 4.97. The summed E-state index contributed by atoms with van der Waals surface area (Å²) in [5.74, 6) is 0.759. The zero-order valence-corrected chi connectivity index (χ0v) is 6.77. The fourth-order valence-corrected chi connectivity index (χ4v) is 1.03. The van der Waals surface area contributed by atoms with E-state index in [0.29, 0.717) is 0 Å². The van der Waals surface area contributed by atoms with Gasteiger partial charge in [-0.1, -0.05) is 5.16 Å². The SMILES string of the molecule is CCn1cc(-c2ccno2)cn1. The predicted octanol–water partition coefficient (Wildman–Crippen LogP) is 1.56. The molecule has 4 nitrogen and oxygen atoms in total. The Balaban J connectivity index is 2.35. The van der Waals surface area contributed by atoms with Crippen LogP contribution in [0.25, 0.3) is 11.3 Å². The van der Waals surface area contributed by atoms with Crippen LogP contribution in [0, 0.1) is 0 Å². The highest BCUT2D eigenvalue weighted by Gasteiger charge is 2.03. The van der Waals surface area contributed by atoms with E-state index >= 15 is 0 Å². The molecule has 0 N–H and O–H groups in total. The van der Waals surface area contributed by atoms with E-state index in [9.17, 15) is 0 Å². The molecule has 2 rings (SSSR count). The Labute approximate surface area is 69.8 Å². The minimum Gasteiger partial charge on any atom is -0.356 e. The largest absolute Gasteiger partial charge is 0.356 e. The van der Waals surface area contributed by atoms with Crippen molar-refractivity contribution in [3.05, 3.63) is 24.7 Å². The third-order valence-corrected chi connectivity index (χ3v) is 1.68. The molecule has 62 valence electrons. The van der Waals surface area contributed by atoms with Crippen LogP contribution < -0.4 is 0 Å². The summed E-state index contributed by atoms with van der Waals surface area (Å²) in [4.78, 5) is 0. The van der Waals surface area contributed by atoms with Crippen molar-refractivity contribution in [2.45, 2.75) is 13.5 Å². The summed E-state index contributed by atoms with van der Waals surface area (Å²) < 4.78 is 6.82. The predicted molar refractivity (Wildman–Crippen MR) is 43.4 cm³/mol. The molecule has 0 saturated carbocycles. The van der Waals surface area contributed by atoms with E-state index in [1.807, 2.05) is 23.9 Å². The first-order valence-electron chi connectivity index (χ1n) is 3.83. The quantitative estimate of drug-likeness (QED) is 0.674. The highest BCUT2D eigenvalue weighted by Crippen LogP contribution is 2.16. The first-order valence-corrected chi connectivity index (χ1v) is 3.83. The van der Waals surface area contributed by atoms with E-state index in [-0.39, 0.29) is 0 Å². The maximum Gasteiger partial charge on any atom is 0.169 e. The summed E-state index contributed by atoms with van der Waals surface area (Å²) in [5.41, 5.74) is 0.967. The smallest absolute Gasteiger partial charge is 0.169 e. The lowest BCUT2D eigenvalue weighted by atomic mass is 10.3. The van der Waals surface area contributed by atoms with Crippen molar-refractivity contribution >= 4 is 0 Å². The highest BCUT2D eigenvalue weighted by molar-refractivity contribution is 5.53. The summed E-state index contributed by atoms with van der Waals surface area (Å²) in [6.07, 6.45) is 5.32. The first-order chi connectivity index (χ1) is 5.90. The summed E-state index contributed by atoms with van der Waals surface area (Å²) in [6.45, 7) is 2.91. The zero-order chi connectivity index (χ0) is 8.39. The molecule has 0 aromatic carbocycles. The van der Waals surface area contributed by atoms with Crippen molar-refractivity contribution in [3.8, 4) is 11.3 Å². The molecule has 0 radical (unpaired) electrons. The molecule has 2 aromatic heterocycles. The van der Waals surface area contributed by atoms with Crippen molar-refractivity contribution in [1.29, 1.82) is 0 Å². The lowest BCUT2D eigenvalue weighted by Gasteiger charge is -1.89. The summed E-state index contributed by atoms with van der Waals surface area (Å²) >= 11 is 0. The van der Waals surface area contributed by atoms with Crippen LogP contribution in [0.1, 0.15) is 6.92 Å². The highest BCUT2D eigenvalue weighted by atomic mass is 16.5. The van der Waals surface area contributed by atoms with Crippen LogP contribution in [0.5, 0.6) is 0 Å². The van der Waals surface area contributed by atoms with Crippen molar-refractivity contribution in [2.24, 2.45) is 0 Å². The number of hydrogen-bond acceptors (Lipinski definition) is 3. The van der Waals surface area contributed by atoms with Gasteiger partial charge in [-0.2, -0.15) is 5.10 Å². The van der Waals surface area contributed by atoms with Gasteiger partial charge in [0.05, 0.1) is 18.0 Å². The second-order valence-corrected chi connectivity index (χ2v) is 2.46. The minimum absolute atomic E-state index is 0.759. The second kappa shape index (κ2) is 2.81. The van der Waals surface area contributed by atoms with Gasteiger partial charge in [-0.05, 0) is 6.92 Å². The molecule has 0 aliphatic heterocycles.